The van der Waals surface area contributed by atoms with E-state index in [1.807, 2.05) is 13.8 Å². The van der Waals surface area contributed by atoms with E-state index in [9.17, 15) is 13.2 Å². The number of urea groups is 1. The summed E-state index contributed by atoms with van der Waals surface area (Å²) in [7, 11) is -2.92. The van der Waals surface area contributed by atoms with E-state index in [4.69, 9.17) is 0 Å². The van der Waals surface area contributed by atoms with Gasteiger partial charge in [0.2, 0.25) is 0 Å². The Morgan fingerprint density at radius 2 is 2.00 bits per heavy atom. The van der Waals surface area contributed by atoms with Gasteiger partial charge in [-0.3, -0.25) is 0 Å². The molecule has 2 N–H and O–H groups in total. The van der Waals surface area contributed by atoms with Crippen molar-refractivity contribution in [2.24, 2.45) is 0 Å². The Balaban J connectivity index is 2.35. The molecule has 1 aliphatic heterocycles. The smallest absolute Gasteiger partial charge is 0.315 e. The van der Waals surface area contributed by atoms with E-state index in [0.29, 0.717) is 6.42 Å². The van der Waals surface area contributed by atoms with Crippen molar-refractivity contribution in [3.63, 3.8) is 0 Å². The molecule has 1 saturated heterocycles. The number of carbonyl (C=O) groups excluding carboxylic acids is 1. The highest BCUT2D eigenvalue weighted by Gasteiger charge is 2.29. The summed E-state index contributed by atoms with van der Waals surface area (Å²) in [4.78, 5) is 11.5. The second-order valence-corrected chi connectivity index (χ2v) is 6.46. The number of carbonyl (C=O) groups is 1. The molecule has 0 saturated carbocycles. The van der Waals surface area contributed by atoms with Crippen LogP contribution in [0.2, 0.25) is 0 Å². The van der Waals surface area contributed by atoms with Crippen LogP contribution in [0.25, 0.3) is 0 Å². The maximum Gasteiger partial charge on any atom is 0.315 e. The largest absolute Gasteiger partial charge is 0.335 e. The number of nitrogens with one attached hydrogen (secondary N) is 2. The van der Waals surface area contributed by atoms with Gasteiger partial charge in [0.15, 0.2) is 9.84 Å². The van der Waals surface area contributed by atoms with Crippen LogP contribution >= 0.6 is 0 Å². The van der Waals surface area contributed by atoms with Gasteiger partial charge in [0.05, 0.1) is 11.5 Å². The zero-order valence-corrected chi connectivity index (χ0v) is 10.6. The van der Waals surface area contributed by atoms with Crippen molar-refractivity contribution in [1.29, 1.82) is 0 Å². The van der Waals surface area contributed by atoms with Crippen LogP contribution in [0.5, 0.6) is 0 Å². The van der Waals surface area contributed by atoms with Crippen LogP contribution in [-0.4, -0.2) is 38.0 Å². The van der Waals surface area contributed by atoms with E-state index >= 15 is 0 Å². The van der Waals surface area contributed by atoms with Gasteiger partial charge in [0.1, 0.15) is 0 Å². The van der Waals surface area contributed by atoms with Gasteiger partial charge in [-0.2, -0.15) is 0 Å². The lowest BCUT2D eigenvalue weighted by molar-refractivity contribution is 0.233. The Labute approximate surface area is 96.9 Å². The zero-order valence-electron chi connectivity index (χ0n) is 9.82. The Kier molecular flexibility index (Phi) is 4.58. The summed E-state index contributed by atoms with van der Waals surface area (Å²) in [5.41, 5.74) is 0. The van der Waals surface area contributed by atoms with Gasteiger partial charge in [0, 0.05) is 12.1 Å². The second kappa shape index (κ2) is 5.52. The van der Waals surface area contributed by atoms with Crippen molar-refractivity contribution in [3.05, 3.63) is 0 Å². The first-order valence-electron chi connectivity index (χ1n) is 5.74. The average Bonchev–Trinajstić information content (AvgIpc) is 2.54. The Morgan fingerprint density at radius 3 is 2.44 bits per heavy atom. The quantitative estimate of drug-likeness (QED) is 0.767. The maximum atomic E-state index is 11.5. The molecular weight excluding hydrogens is 228 g/mol. The molecule has 16 heavy (non-hydrogen) atoms. The fourth-order valence-electron chi connectivity index (χ4n) is 1.81. The Hall–Kier alpha value is -0.780. The van der Waals surface area contributed by atoms with E-state index in [0.717, 1.165) is 12.8 Å². The summed E-state index contributed by atoms with van der Waals surface area (Å²) in [5.74, 6) is 0.256. The summed E-state index contributed by atoms with van der Waals surface area (Å²) in [5, 5.41) is 5.53. The molecule has 1 unspecified atom stereocenters. The molecule has 0 radical (unpaired) electrons. The molecule has 94 valence electrons. The predicted molar refractivity (Wildman–Crippen MR) is 63.1 cm³/mol. The molecule has 6 heteroatoms. The second-order valence-electron chi connectivity index (χ2n) is 4.23. The minimum absolute atomic E-state index is 0.0728. The lowest BCUT2D eigenvalue weighted by atomic mass is 10.2. The van der Waals surface area contributed by atoms with Crippen LogP contribution in [0.3, 0.4) is 0 Å². The van der Waals surface area contributed by atoms with E-state index < -0.39 is 9.84 Å². The van der Waals surface area contributed by atoms with E-state index in [-0.39, 0.29) is 29.6 Å². The van der Waals surface area contributed by atoms with Crippen LogP contribution < -0.4 is 10.6 Å². The lowest BCUT2D eigenvalue weighted by Gasteiger charge is -2.17. The van der Waals surface area contributed by atoms with Crippen LogP contribution in [0, 0.1) is 0 Å². The van der Waals surface area contributed by atoms with Gasteiger partial charge in [-0.25, -0.2) is 13.2 Å². The summed E-state index contributed by atoms with van der Waals surface area (Å²) >= 11 is 0. The van der Waals surface area contributed by atoms with Crippen molar-refractivity contribution in [2.75, 3.05) is 11.5 Å². The molecule has 0 aromatic carbocycles. The van der Waals surface area contributed by atoms with Crippen LogP contribution in [0.4, 0.5) is 4.79 Å². The topological polar surface area (TPSA) is 75.3 Å². The molecule has 0 aromatic heterocycles. The van der Waals surface area contributed by atoms with Crippen molar-refractivity contribution in [2.45, 2.75) is 45.2 Å². The van der Waals surface area contributed by atoms with Gasteiger partial charge in [-0.15, -0.1) is 0 Å². The minimum atomic E-state index is -2.92. The number of rotatable bonds is 4. The van der Waals surface area contributed by atoms with Gasteiger partial charge in [-0.1, -0.05) is 13.8 Å². The predicted octanol–water partition coefficient (Wildman–Crippen LogP) is 0.661. The molecule has 0 bridgehead atoms. The van der Waals surface area contributed by atoms with Gasteiger partial charge in [-0.05, 0) is 19.3 Å². The Bertz CT molecular complexity index is 336. The molecule has 0 aliphatic carbocycles. The van der Waals surface area contributed by atoms with E-state index in [1.165, 1.54) is 0 Å². The fourth-order valence-corrected chi connectivity index (χ4v) is 3.49. The van der Waals surface area contributed by atoms with Crippen LogP contribution in [-0.2, 0) is 9.84 Å². The number of amides is 2. The summed E-state index contributed by atoms with van der Waals surface area (Å²) in [6.45, 7) is 4.02. The van der Waals surface area contributed by atoms with Crippen LogP contribution in [0.15, 0.2) is 0 Å². The zero-order chi connectivity index (χ0) is 12.2. The minimum Gasteiger partial charge on any atom is -0.335 e. The molecular formula is C10H20N2O3S. The molecule has 0 aromatic rings. The molecule has 1 aliphatic rings. The Morgan fingerprint density at radius 1 is 1.38 bits per heavy atom. The van der Waals surface area contributed by atoms with Gasteiger partial charge >= 0.3 is 6.03 Å². The summed E-state index contributed by atoms with van der Waals surface area (Å²) in [6.07, 6.45) is 2.29. The van der Waals surface area contributed by atoms with Crippen LogP contribution in [0.1, 0.15) is 33.1 Å². The normalized spacial score (nSPS) is 23.3. The fraction of sp³-hybridized carbons (Fsp3) is 0.900. The first-order valence-corrected chi connectivity index (χ1v) is 7.56. The monoisotopic (exact) mass is 248 g/mol. The number of hydrogen-bond acceptors (Lipinski definition) is 3. The number of sulfone groups is 1. The highest BCUT2D eigenvalue weighted by molar-refractivity contribution is 7.91. The molecule has 0 spiro atoms. The first kappa shape index (κ1) is 13.3. The average molecular weight is 248 g/mol. The number of hydrogen-bond donors (Lipinski definition) is 2. The van der Waals surface area contributed by atoms with Gasteiger partial charge in [0.25, 0.3) is 0 Å². The van der Waals surface area contributed by atoms with Crippen molar-refractivity contribution in [3.8, 4) is 0 Å². The maximum absolute atomic E-state index is 11.5. The van der Waals surface area contributed by atoms with Crippen molar-refractivity contribution < 1.29 is 13.2 Å². The third-order valence-electron chi connectivity index (χ3n) is 2.89. The summed E-state index contributed by atoms with van der Waals surface area (Å²) < 4.78 is 22.4. The van der Waals surface area contributed by atoms with Crippen molar-refractivity contribution in [1.82, 2.24) is 10.6 Å². The molecule has 1 atom stereocenters. The van der Waals surface area contributed by atoms with Gasteiger partial charge < -0.3 is 10.6 Å². The molecule has 1 rings (SSSR count). The molecule has 2 amide bonds. The van der Waals surface area contributed by atoms with E-state index in [2.05, 4.69) is 10.6 Å². The molecule has 5 nitrogen and oxygen atoms in total. The highest BCUT2D eigenvalue weighted by atomic mass is 32.2. The van der Waals surface area contributed by atoms with E-state index in [1.54, 1.807) is 0 Å². The third-order valence-corrected chi connectivity index (χ3v) is 4.66. The SMILES string of the molecule is CCC(CC)NC(=O)NC1CCS(=O)(=O)C1. The standard InChI is InChI=1S/C10H20N2O3S/c1-3-8(4-2)11-10(13)12-9-5-6-16(14,15)7-9/h8-9H,3-7H2,1-2H3,(H2,11,12,13). The lowest BCUT2D eigenvalue weighted by Crippen LogP contribution is -2.46. The first-order chi connectivity index (χ1) is 7.46. The molecule has 1 heterocycles. The third kappa shape index (κ3) is 4.00. The van der Waals surface area contributed by atoms with Crippen molar-refractivity contribution >= 4 is 15.9 Å². The molecule has 1 fully saturated rings. The highest BCUT2D eigenvalue weighted by Crippen LogP contribution is 2.11. The summed E-state index contributed by atoms with van der Waals surface area (Å²) in [6, 6.07) is -0.312.